The molecule has 118 valence electrons. The minimum absolute atomic E-state index is 0.00199. The van der Waals surface area contributed by atoms with E-state index in [4.69, 9.17) is 27.6 Å². The minimum Gasteiger partial charge on any atom is -0.439 e. The van der Waals surface area contributed by atoms with Gasteiger partial charge in [0.25, 0.3) is 0 Å². The van der Waals surface area contributed by atoms with Crippen LogP contribution in [0.15, 0.2) is 52.0 Å². The summed E-state index contributed by atoms with van der Waals surface area (Å²) in [5.74, 6) is 1.41. The Morgan fingerprint density at radius 2 is 1.87 bits per heavy atom. The van der Waals surface area contributed by atoms with Crippen LogP contribution in [0.5, 0.6) is 0 Å². The van der Waals surface area contributed by atoms with Crippen molar-refractivity contribution in [1.82, 2.24) is 9.97 Å². The molecule has 0 spiro atoms. The molecule has 3 aromatic rings. The summed E-state index contributed by atoms with van der Waals surface area (Å²) in [4.78, 5) is 8.83. The Balaban J connectivity index is 1.85. The Kier molecular flexibility index (Phi) is 4.95. The fraction of sp³-hybridized carbons (Fsp3) is 0.176. The lowest BCUT2D eigenvalue weighted by Gasteiger charge is -2.07. The van der Waals surface area contributed by atoms with Gasteiger partial charge in [0.15, 0.2) is 5.76 Å². The predicted octanol–water partition coefficient (Wildman–Crippen LogP) is 6.21. The highest BCUT2D eigenvalue weighted by atomic mass is 35.5. The fourth-order valence-corrected chi connectivity index (χ4v) is 3.36. The van der Waals surface area contributed by atoms with Crippen molar-refractivity contribution in [2.45, 2.75) is 24.1 Å². The maximum atomic E-state index is 6.16. The van der Waals surface area contributed by atoms with Gasteiger partial charge in [0.05, 0.1) is 16.0 Å². The molecule has 1 atom stereocenters. The molecule has 0 aliphatic rings. The molecule has 23 heavy (non-hydrogen) atoms. The number of oxazole rings is 1. The third kappa shape index (κ3) is 3.71. The summed E-state index contributed by atoms with van der Waals surface area (Å²) in [6.45, 7) is 3.95. The standard InChI is InChI=1S/C17H14Cl2N2OS/c1-10-15(12-5-7-13(18)8-6-12)22-16(21-10)11(2)23-17-14(19)4-3-9-20-17/h3-9,11H,1-2H3/t11-/m1/s1. The molecule has 2 aromatic heterocycles. The van der Waals surface area contributed by atoms with Gasteiger partial charge in [0.2, 0.25) is 5.89 Å². The summed E-state index contributed by atoms with van der Waals surface area (Å²) in [7, 11) is 0. The van der Waals surface area contributed by atoms with Crippen molar-refractivity contribution >= 4 is 35.0 Å². The highest BCUT2D eigenvalue weighted by Gasteiger charge is 2.19. The van der Waals surface area contributed by atoms with E-state index >= 15 is 0 Å². The van der Waals surface area contributed by atoms with Crippen LogP contribution in [0, 0.1) is 6.92 Å². The van der Waals surface area contributed by atoms with Gasteiger partial charge in [-0.2, -0.15) is 0 Å². The van der Waals surface area contributed by atoms with Crippen LogP contribution in [0.3, 0.4) is 0 Å². The second kappa shape index (κ2) is 6.95. The van der Waals surface area contributed by atoms with Gasteiger partial charge in [-0.25, -0.2) is 9.97 Å². The molecule has 6 heteroatoms. The number of nitrogens with zero attached hydrogens (tertiary/aromatic N) is 2. The number of aromatic nitrogens is 2. The average molecular weight is 365 g/mol. The van der Waals surface area contributed by atoms with Crippen LogP contribution in [0.2, 0.25) is 10.0 Å². The third-order valence-electron chi connectivity index (χ3n) is 3.28. The molecule has 0 aliphatic heterocycles. The molecule has 3 rings (SSSR count). The minimum atomic E-state index is 0.00199. The lowest BCUT2D eigenvalue weighted by molar-refractivity contribution is 0.510. The van der Waals surface area contributed by atoms with Crippen molar-refractivity contribution in [1.29, 1.82) is 0 Å². The molecule has 0 radical (unpaired) electrons. The number of thioether (sulfide) groups is 1. The summed E-state index contributed by atoms with van der Waals surface area (Å²) < 4.78 is 5.97. The highest BCUT2D eigenvalue weighted by Crippen LogP contribution is 2.38. The SMILES string of the molecule is Cc1nc([C@@H](C)Sc2ncccc2Cl)oc1-c1ccc(Cl)cc1. The van der Waals surface area contributed by atoms with Gasteiger partial charge in [-0.05, 0) is 50.2 Å². The average Bonchev–Trinajstić information content (AvgIpc) is 2.92. The predicted molar refractivity (Wildman–Crippen MR) is 95.2 cm³/mol. The summed E-state index contributed by atoms with van der Waals surface area (Å²) in [6, 6.07) is 11.2. The summed E-state index contributed by atoms with van der Waals surface area (Å²) in [6.07, 6.45) is 1.72. The Morgan fingerprint density at radius 1 is 1.13 bits per heavy atom. The van der Waals surface area contributed by atoms with Crippen molar-refractivity contribution in [3.05, 3.63) is 64.2 Å². The number of hydrogen-bond acceptors (Lipinski definition) is 4. The molecule has 0 saturated heterocycles. The zero-order chi connectivity index (χ0) is 16.4. The first kappa shape index (κ1) is 16.4. The van der Waals surface area contributed by atoms with Crippen LogP contribution in [0.4, 0.5) is 0 Å². The van der Waals surface area contributed by atoms with Crippen molar-refractivity contribution in [3.63, 3.8) is 0 Å². The molecule has 3 nitrogen and oxygen atoms in total. The van der Waals surface area contributed by atoms with E-state index in [-0.39, 0.29) is 5.25 Å². The van der Waals surface area contributed by atoms with Crippen LogP contribution in [0.25, 0.3) is 11.3 Å². The van der Waals surface area contributed by atoms with Crippen LogP contribution < -0.4 is 0 Å². The van der Waals surface area contributed by atoms with Crippen LogP contribution in [0.1, 0.15) is 23.8 Å². The fourth-order valence-electron chi connectivity index (χ4n) is 2.14. The van der Waals surface area contributed by atoms with Crippen molar-refractivity contribution < 1.29 is 4.42 Å². The zero-order valence-electron chi connectivity index (χ0n) is 12.6. The van der Waals surface area contributed by atoms with E-state index in [0.29, 0.717) is 15.9 Å². The maximum Gasteiger partial charge on any atom is 0.208 e. The largest absolute Gasteiger partial charge is 0.439 e. The molecular formula is C17H14Cl2N2OS. The van der Waals surface area contributed by atoms with E-state index in [1.807, 2.05) is 50.2 Å². The first-order valence-corrected chi connectivity index (χ1v) is 8.68. The van der Waals surface area contributed by atoms with E-state index in [1.165, 1.54) is 11.8 Å². The number of hydrogen-bond donors (Lipinski definition) is 0. The second-order valence-corrected chi connectivity index (χ2v) is 7.20. The number of rotatable bonds is 4. The highest BCUT2D eigenvalue weighted by molar-refractivity contribution is 7.99. The lowest BCUT2D eigenvalue weighted by Crippen LogP contribution is -1.90. The van der Waals surface area contributed by atoms with E-state index < -0.39 is 0 Å². The number of halogens is 2. The van der Waals surface area contributed by atoms with Crippen molar-refractivity contribution in [2.24, 2.45) is 0 Å². The number of aryl methyl sites for hydroxylation is 1. The van der Waals surface area contributed by atoms with E-state index in [0.717, 1.165) is 22.0 Å². The van der Waals surface area contributed by atoms with Gasteiger partial charge >= 0.3 is 0 Å². The maximum absolute atomic E-state index is 6.16. The topological polar surface area (TPSA) is 38.9 Å². The molecule has 0 N–H and O–H groups in total. The van der Waals surface area contributed by atoms with Crippen molar-refractivity contribution in [2.75, 3.05) is 0 Å². The molecule has 1 aromatic carbocycles. The van der Waals surface area contributed by atoms with Gasteiger partial charge in [0, 0.05) is 16.8 Å². The molecule has 2 heterocycles. The third-order valence-corrected chi connectivity index (χ3v) is 5.05. The van der Waals surface area contributed by atoms with Gasteiger partial charge in [-0.3, -0.25) is 0 Å². The summed E-state index contributed by atoms with van der Waals surface area (Å²) in [5.41, 5.74) is 1.81. The number of benzene rings is 1. The van der Waals surface area contributed by atoms with Gasteiger partial charge in [-0.1, -0.05) is 35.0 Å². The molecule has 0 unspecified atom stereocenters. The number of pyridine rings is 1. The van der Waals surface area contributed by atoms with E-state index in [1.54, 1.807) is 6.20 Å². The van der Waals surface area contributed by atoms with Crippen molar-refractivity contribution in [3.8, 4) is 11.3 Å². The van der Waals surface area contributed by atoms with E-state index in [2.05, 4.69) is 9.97 Å². The van der Waals surface area contributed by atoms with Gasteiger partial charge < -0.3 is 4.42 Å². The second-order valence-electron chi connectivity index (χ2n) is 5.02. The Morgan fingerprint density at radius 3 is 2.57 bits per heavy atom. The molecule has 0 saturated carbocycles. The van der Waals surface area contributed by atoms with Gasteiger partial charge in [-0.15, -0.1) is 0 Å². The smallest absolute Gasteiger partial charge is 0.208 e. The normalized spacial score (nSPS) is 12.3. The molecular weight excluding hydrogens is 351 g/mol. The molecule has 0 amide bonds. The molecule has 0 aliphatic carbocycles. The first-order chi connectivity index (χ1) is 11.0. The van der Waals surface area contributed by atoms with E-state index in [9.17, 15) is 0 Å². The van der Waals surface area contributed by atoms with Gasteiger partial charge in [0.1, 0.15) is 5.03 Å². The summed E-state index contributed by atoms with van der Waals surface area (Å²) >= 11 is 13.6. The van der Waals surface area contributed by atoms with Crippen LogP contribution in [-0.2, 0) is 0 Å². The Labute approximate surface area is 149 Å². The molecule has 0 fully saturated rings. The first-order valence-electron chi connectivity index (χ1n) is 7.05. The Hall–Kier alpha value is -1.49. The lowest BCUT2D eigenvalue weighted by atomic mass is 10.1. The zero-order valence-corrected chi connectivity index (χ0v) is 14.9. The molecule has 0 bridgehead atoms. The van der Waals surface area contributed by atoms with Crippen LogP contribution in [-0.4, -0.2) is 9.97 Å². The monoisotopic (exact) mass is 364 g/mol. The summed E-state index contributed by atoms with van der Waals surface area (Å²) in [5, 5.41) is 2.10. The van der Waals surface area contributed by atoms with Crippen LogP contribution >= 0.6 is 35.0 Å². The quantitative estimate of drug-likeness (QED) is 0.516. The Bertz CT molecular complexity index is 818.